The molecule has 0 atom stereocenters. The molecule has 0 radical (unpaired) electrons. The lowest BCUT2D eigenvalue weighted by molar-refractivity contribution is 0.319. The van der Waals surface area contributed by atoms with E-state index < -0.39 is 0 Å². The highest BCUT2D eigenvalue weighted by molar-refractivity contribution is 6.14. The third-order valence-corrected chi connectivity index (χ3v) is 3.20. The predicted octanol–water partition coefficient (Wildman–Crippen LogP) is 2.41. The van der Waals surface area contributed by atoms with Gasteiger partial charge in [-0.05, 0) is 30.0 Å². The largest absolute Gasteiger partial charge is 0.410 e. The first-order valence-electron chi connectivity index (χ1n) is 5.64. The Morgan fingerprint density at radius 3 is 2.59 bits per heavy atom. The molecule has 0 aliphatic heterocycles. The Balaban J connectivity index is 2.27. The molecule has 1 aromatic heterocycles. The summed E-state index contributed by atoms with van der Waals surface area (Å²) < 4.78 is 0. The van der Waals surface area contributed by atoms with Crippen molar-refractivity contribution >= 4 is 5.71 Å². The molecule has 0 fully saturated rings. The molecule has 0 saturated carbocycles. The molecular formula is C14H12N2O. The molecule has 0 amide bonds. The zero-order chi connectivity index (χ0) is 11.7. The van der Waals surface area contributed by atoms with Gasteiger partial charge in [-0.25, -0.2) is 0 Å². The van der Waals surface area contributed by atoms with Crippen molar-refractivity contribution in [3.63, 3.8) is 0 Å². The molecule has 84 valence electrons. The van der Waals surface area contributed by atoms with Crippen molar-refractivity contribution < 1.29 is 5.21 Å². The first kappa shape index (κ1) is 10.0. The van der Waals surface area contributed by atoms with E-state index in [4.69, 9.17) is 0 Å². The fraction of sp³-hybridized carbons (Fsp3) is 0.143. The molecule has 1 aliphatic rings. The van der Waals surface area contributed by atoms with Crippen LogP contribution in [0.2, 0.25) is 0 Å². The standard InChI is InChI=1S/C14H12N2O/c17-16-14-12-4-2-1-3-10(12)5-6-11-7-8-15-9-13(11)14/h1-4,7-9,17H,5-6H2. The number of rotatable bonds is 0. The molecule has 2 aromatic rings. The highest BCUT2D eigenvalue weighted by Crippen LogP contribution is 2.24. The Morgan fingerprint density at radius 2 is 1.76 bits per heavy atom. The molecule has 1 N–H and O–H groups in total. The van der Waals surface area contributed by atoms with E-state index in [0.717, 1.165) is 24.0 Å². The summed E-state index contributed by atoms with van der Waals surface area (Å²) in [4.78, 5) is 4.12. The number of hydrogen-bond donors (Lipinski definition) is 1. The van der Waals surface area contributed by atoms with Crippen molar-refractivity contribution in [3.8, 4) is 0 Å². The fourth-order valence-corrected chi connectivity index (χ4v) is 2.35. The fourth-order valence-electron chi connectivity index (χ4n) is 2.35. The first-order chi connectivity index (χ1) is 8.40. The molecular weight excluding hydrogens is 212 g/mol. The zero-order valence-electron chi connectivity index (χ0n) is 9.30. The topological polar surface area (TPSA) is 45.5 Å². The van der Waals surface area contributed by atoms with Gasteiger partial charge in [0.2, 0.25) is 0 Å². The van der Waals surface area contributed by atoms with Crippen LogP contribution in [0.3, 0.4) is 0 Å². The third-order valence-electron chi connectivity index (χ3n) is 3.20. The van der Waals surface area contributed by atoms with Crippen LogP contribution < -0.4 is 0 Å². The molecule has 3 rings (SSSR count). The van der Waals surface area contributed by atoms with E-state index >= 15 is 0 Å². The van der Waals surface area contributed by atoms with Crippen LogP contribution in [-0.2, 0) is 12.8 Å². The Labute approximate surface area is 99.4 Å². The van der Waals surface area contributed by atoms with Crippen molar-refractivity contribution in [2.75, 3.05) is 0 Å². The highest BCUT2D eigenvalue weighted by atomic mass is 16.4. The van der Waals surface area contributed by atoms with Gasteiger partial charge in [-0.15, -0.1) is 0 Å². The third kappa shape index (κ3) is 1.60. The van der Waals surface area contributed by atoms with Gasteiger partial charge in [0.05, 0.1) is 0 Å². The van der Waals surface area contributed by atoms with Gasteiger partial charge in [0, 0.05) is 23.5 Å². The van der Waals surface area contributed by atoms with Crippen molar-refractivity contribution in [1.29, 1.82) is 0 Å². The van der Waals surface area contributed by atoms with E-state index in [2.05, 4.69) is 16.2 Å². The monoisotopic (exact) mass is 224 g/mol. The average Bonchev–Trinajstić information content (AvgIpc) is 2.55. The number of fused-ring (bicyclic) bond motifs is 2. The summed E-state index contributed by atoms with van der Waals surface area (Å²) >= 11 is 0. The molecule has 3 nitrogen and oxygen atoms in total. The van der Waals surface area contributed by atoms with Gasteiger partial charge in [-0.1, -0.05) is 29.4 Å². The van der Waals surface area contributed by atoms with Gasteiger partial charge < -0.3 is 5.21 Å². The molecule has 0 unspecified atom stereocenters. The van der Waals surface area contributed by atoms with Crippen molar-refractivity contribution in [2.24, 2.45) is 5.16 Å². The second kappa shape index (κ2) is 4.01. The Morgan fingerprint density at radius 1 is 1.00 bits per heavy atom. The minimum atomic E-state index is 0.626. The minimum absolute atomic E-state index is 0.626. The maximum Gasteiger partial charge on any atom is 0.119 e. The molecule has 1 aliphatic carbocycles. The van der Waals surface area contributed by atoms with Crippen molar-refractivity contribution in [2.45, 2.75) is 12.8 Å². The maximum absolute atomic E-state index is 9.27. The van der Waals surface area contributed by atoms with E-state index in [-0.39, 0.29) is 0 Å². The number of aryl methyl sites for hydroxylation is 2. The van der Waals surface area contributed by atoms with Crippen LogP contribution in [0.1, 0.15) is 22.3 Å². The number of benzene rings is 1. The predicted molar refractivity (Wildman–Crippen MR) is 65.5 cm³/mol. The molecule has 3 heteroatoms. The molecule has 0 saturated heterocycles. The summed E-state index contributed by atoms with van der Waals surface area (Å²) in [5.74, 6) is 0. The maximum atomic E-state index is 9.27. The van der Waals surface area contributed by atoms with Gasteiger partial charge in [0.15, 0.2) is 0 Å². The Bertz CT molecular complexity index is 541. The van der Waals surface area contributed by atoms with Crippen molar-refractivity contribution in [1.82, 2.24) is 4.98 Å². The number of aromatic nitrogens is 1. The summed E-state index contributed by atoms with van der Waals surface area (Å²) in [6.45, 7) is 0. The highest BCUT2D eigenvalue weighted by Gasteiger charge is 2.19. The minimum Gasteiger partial charge on any atom is -0.410 e. The van der Waals surface area contributed by atoms with E-state index in [1.807, 2.05) is 24.3 Å². The van der Waals surface area contributed by atoms with Crippen LogP contribution in [0.4, 0.5) is 0 Å². The molecule has 1 aromatic carbocycles. The van der Waals surface area contributed by atoms with Crippen LogP contribution in [0.5, 0.6) is 0 Å². The number of oxime groups is 1. The van der Waals surface area contributed by atoms with E-state index in [0.29, 0.717) is 5.71 Å². The first-order valence-corrected chi connectivity index (χ1v) is 5.64. The van der Waals surface area contributed by atoms with Crippen LogP contribution in [-0.4, -0.2) is 15.9 Å². The summed E-state index contributed by atoms with van der Waals surface area (Å²) in [6, 6.07) is 10.0. The molecule has 1 heterocycles. The smallest absolute Gasteiger partial charge is 0.119 e. The second-order valence-electron chi connectivity index (χ2n) is 4.14. The molecule has 0 bridgehead atoms. The van der Waals surface area contributed by atoms with E-state index in [1.54, 1.807) is 12.4 Å². The summed E-state index contributed by atoms with van der Waals surface area (Å²) in [5.41, 5.74) is 4.96. The summed E-state index contributed by atoms with van der Waals surface area (Å²) in [6.07, 6.45) is 5.47. The lowest BCUT2D eigenvalue weighted by Crippen LogP contribution is -2.06. The van der Waals surface area contributed by atoms with Crippen LogP contribution in [0.15, 0.2) is 47.9 Å². The normalized spacial score (nSPS) is 16.1. The van der Waals surface area contributed by atoms with Gasteiger partial charge >= 0.3 is 0 Å². The van der Waals surface area contributed by atoms with Crippen LogP contribution >= 0.6 is 0 Å². The average molecular weight is 224 g/mol. The summed E-state index contributed by atoms with van der Waals surface area (Å²) in [5, 5.41) is 12.7. The van der Waals surface area contributed by atoms with Gasteiger partial charge in [0.1, 0.15) is 5.71 Å². The number of nitrogens with zero attached hydrogens (tertiary/aromatic N) is 2. The lowest BCUT2D eigenvalue weighted by Gasteiger charge is -2.07. The number of hydrogen-bond acceptors (Lipinski definition) is 3. The van der Waals surface area contributed by atoms with Gasteiger partial charge in [-0.3, -0.25) is 4.98 Å². The van der Waals surface area contributed by atoms with Crippen LogP contribution in [0.25, 0.3) is 0 Å². The second-order valence-corrected chi connectivity index (χ2v) is 4.14. The van der Waals surface area contributed by atoms with Gasteiger partial charge in [0.25, 0.3) is 0 Å². The van der Waals surface area contributed by atoms with E-state index in [9.17, 15) is 5.21 Å². The Hall–Kier alpha value is -2.16. The number of pyridine rings is 1. The van der Waals surface area contributed by atoms with Crippen LogP contribution in [0, 0.1) is 0 Å². The van der Waals surface area contributed by atoms with E-state index in [1.165, 1.54) is 11.1 Å². The molecule has 17 heavy (non-hydrogen) atoms. The van der Waals surface area contributed by atoms with Gasteiger partial charge in [-0.2, -0.15) is 0 Å². The summed E-state index contributed by atoms with van der Waals surface area (Å²) in [7, 11) is 0. The zero-order valence-corrected chi connectivity index (χ0v) is 9.30. The quantitative estimate of drug-likeness (QED) is 0.551. The Kier molecular flexibility index (Phi) is 2.37. The SMILES string of the molecule is ON=C1c2ccccc2CCc2ccncc21. The lowest BCUT2D eigenvalue weighted by atomic mass is 10.00. The molecule has 0 spiro atoms. The van der Waals surface area contributed by atoms with Crippen molar-refractivity contribution in [3.05, 3.63) is 65.0 Å².